The number of nitrogens with zero attached hydrogens (tertiary/aromatic N) is 1. The molecule has 0 radical (unpaired) electrons. The van der Waals surface area contributed by atoms with E-state index < -0.39 is 36.3 Å². The van der Waals surface area contributed by atoms with E-state index in [2.05, 4.69) is 5.32 Å². The second kappa shape index (κ2) is 7.82. The molecule has 0 fully saturated rings. The van der Waals surface area contributed by atoms with Crippen LogP contribution in [0.25, 0.3) is 0 Å². The lowest BCUT2D eigenvalue weighted by atomic mass is 10.1. The van der Waals surface area contributed by atoms with E-state index in [9.17, 15) is 19.2 Å². The summed E-state index contributed by atoms with van der Waals surface area (Å²) in [5.74, 6) is -2.55. The van der Waals surface area contributed by atoms with Crippen LogP contribution >= 0.6 is 11.6 Å². The smallest absolute Gasteiger partial charge is 0.326 e. The number of rotatable bonds is 5. The van der Waals surface area contributed by atoms with Gasteiger partial charge in [-0.3, -0.25) is 24.1 Å². The molecule has 2 aromatic rings. The number of amides is 3. The molecule has 3 amide bonds. The number of benzene rings is 2. The fourth-order valence-corrected chi connectivity index (χ4v) is 2.89. The summed E-state index contributed by atoms with van der Waals surface area (Å²) < 4.78 is 5.07. The largest absolute Gasteiger partial charge is 0.451 e. The lowest BCUT2D eigenvalue weighted by Gasteiger charge is -2.17. The zero-order valence-electron chi connectivity index (χ0n) is 15.2. The number of fused-ring (bicyclic) bond motifs is 1. The van der Waals surface area contributed by atoms with Crippen LogP contribution in [0.1, 0.15) is 33.2 Å². The van der Waals surface area contributed by atoms with Crippen molar-refractivity contribution in [2.75, 3.05) is 11.9 Å². The lowest BCUT2D eigenvalue weighted by Crippen LogP contribution is -2.38. The zero-order valence-corrected chi connectivity index (χ0v) is 15.9. The average Bonchev–Trinajstić information content (AvgIpc) is 2.90. The van der Waals surface area contributed by atoms with E-state index in [0.29, 0.717) is 10.7 Å². The normalized spacial score (nSPS) is 13.9. The van der Waals surface area contributed by atoms with Crippen molar-refractivity contribution in [2.45, 2.75) is 20.0 Å². The molecule has 0 aliphatic carbocycles. The number of carbonyl (C=O) groups excluding carboxylic acids is 4. The van der Waals surface area contributed by atoms with Gasteiger partial charge in [0.05, 0.1) is 11.1 Å². The van der Waals surface area contributed by atoms with E-state index in [4.69, 9.17) is 16.3 Å². The van der Waals surface area contributed by atoms with E-state index in [-0.39, 0.29) is 11.1 Å². The number of hydrogen-bond acceptors (Lipinski definition) is 5. The molecule has 0 bridgehead atoms. The van der Waals surface area contributed by atoms with Gasteiger partial charge in [-0.25, -0.2) is 0 Å². The van der Waals surface area contributed by atoms with Crippen molar-refractivity contribution in [3.63, 3.8) is 0 Å². The number of esters is 1. The first kappa shape index (κ1) is 19.6. The zero-order chi connectivity index (χ0) is 20.4. The van der Waals surface area contributed by atoms with E-state index >= 15 is 0 Å². The summed E-state index contributed by atoms with van der Waals surface area (Å²) >= 11 is 6.02. The molecule has 2 aromatic carbocycles. The van der Waals surface area contributed by atoms with Gasteiger partial charge in [-0.1, -0.05) is 29.8 Å². The number of nitrogens with one attached hydrogen (secondary N) is 1. The van der Waals surface area contributed by atoms with Crippen LogP contribution in [0.15, 0.2) is 42.5 Å². The summed E-state index contributed by atoms with van der Waals surface area (Å²) in [6.07, 6.45) is -1.12. The van der Waals surface area contributed by atoms with Crippen LogP contribution in [-0.4, -0.2) is 41.2 Å². The molecule has 0 aromatic heterocycles. The van der Waals surface area contributed by atoms with Crippen molar-refractivity contribution in [3.8, 4) is 0 Å². The molecule has 144 valence electrons. The van der Waals surface area contributed by atoms with Crippen molar-refractivity contribution in [1.82, 2.24) is 4.90 Å². The minimum Gasteiger partial charge on any atom is -0.451 e. The van der Waals surface area contributed by atoms with E-state index in [0.717, 1.165) is 10.5 Å². The molecule has 1 atom stereocenters. The number of carbonyl (C=O) groups is 4. The van der Waals surface area contributed by atoms with Crippen LogP contribution in [0, 0.1) is 6.92 Å². The monoisotopic (exact) mass is 400 g/mol. The second-order valence-electron chi connectivity index (χ2n) is 6.33. The standard InChI is InChI=1S/C20H17ClN2O5/c1-11-7-8-13(9-16(11)21)22-18(25)12(2)28-17(24)10-23-19(26)14-5-3-4-6-15(14)20(23)27/h3-9,12H,10H2,1-2H3,(H,22,25)/t12-/m1/s1. The molecule has 1 N–H and O–H groups in total. The Bertz CT molecular complexity index is 953. The SMILES string of the molecule is Cc1ccc(NC(=O)[C@@H](C)OC(=O)CN2C(=O)c3ccccc3C2=O)cc1Cl. The molecular formula is C20H17ClN2O5. The fourth-order valence-electron chi connectivity index (χ4n) is 2.71. The highest BCUT2D eigenvalue weighted by Gasteiger charge is 2.37. The summed E-state index contributed by atoms with van der Waals surface area (Å²) in [6, 6.07) is 11.3. The topological polar surface area (TPSA) is 92.8 Å². The number of aryl methyl sites for hydroxylation is 1. The number of imide groups is 1. The molecule has 0 unspecified atom stereocenters. The van der Waals surface area contributed by atoms with Gasteiger partial charge < -0.3 is 10.1 Å². The minimum atomic E-state index is -1.12. The van der Waals surface area contributed by atoms with Gasteiger partial charge in [0.15, 0.2) is 6.10 Å². The Hall–Kier alpha value is -3.19. The lowest BCUT2D eigenvalue weighted by molar-refractivity contribution is -0.153. The molecule has 0 saturated carbocycles. The Labute approximate surface area is 166 Å². The van der Waals surface area contributed by atoms with Gasteiger partial charge in [0.25, 0.3) is 17.7 Å². The van der Waals surface area contributed by atoms with E-state index in [1.54, 1.807) is 30.3 Å². The average molecular weight is 401 g/mol. The molecule has 0 saturated heterocycles. The minimum absolute atomic E-state index is 0.238. The van der Waals surface area contributed by atoms with Crippen LogP contribution in [0.2, 0.25) is 5.02 Å². The predicted octanol–water partition coefficient (Wildman–Crippen LogP) is 2.81. The van der Waals surface area contributed by atoms with Crippen LogP contribution in [0.5, 0.6) is 0 Å². The number of halogens is 1. The highest BCUT2D eigenvalue weighted by molar-refractivity contribution is 6.31. The van der Waals surface area contributed by atoms with E-state index in [1.165, 1.54) is 19.1 Å². The van der Waals surface area contributed by atoms with Gasteiger partial charge in [-0.2, -0.15) is 0 Å². The Morgan fingerprint density at radius 3 is 2.29 bits per heavy atom. The van der Waals surface area contributed by atoms with Gasteiger partial charge in [0, 0.05) is 10.7 Å². The number of ether oxygens (including phenoxy) is 1. The van der Waals surface area contributed by atoms with Gasteiger partial charge in [0.1, 0.15) is 6.54 Å². The van der Waals surface area contributed by atoms with Crippen molar-refractivity contribution in [1.29, 1.82) is 0 Å². The van der Waals surface area contributed by atoms with Gasteiger partial charge in [-0.15, -0.1) is 0 Å². The van der Waals surface area contributed by atoms with Crippen LogP contribution in [0.4, 0.5) is 5.69 Å². The third-order valence-corrected chi connectivity index (χ3v) is 4.69. The molecule has 1 aliphatic heterocycles. The van der Waals surface area contributed by atoms with Gasteiger partial charge in [0.2, 0.25) is 0 Å². The van der Waals surface area contributed by atoms with Crippen LogP contribution in [0.3, 0.4) is 0 Å². The van der Waals surface area contributed by atoms with Gasteiger partial charge >= 0.3 is 5.97 Å². The Morgan fingerprint density at radius 1 is 1.11 bits per heavy atom. The molecule has 1 heterocycles. The summed E-state index contributed by atoms with van der Waals surface area (Å²) in [5.41, 5.74) is 1.80. The van der Waals surface area contributed by atoms with Gasteiger partial charge in [-0.05, 0) is 43.7 Å². The van der Waals surface area contributed by atoms with Crippen molar-refractivity contribution in [2.24, 2.45) is 0 Å². The van der Waals surface area contributed by atoms with E-state index in [1.807, 2.05) is 6.92 Å². The van der Waals surface area contributed by atoms with Crippen molar-refractivity contribution < 1.29 is 23.9 Å². The Morgan fingerprint density at radius 2 is 1.71 bits per heavy atom. The molecule has 3 rings (SSSR count). The number of anilines is 1. The van der Waals surface area contributed by atoms with Crippen LogP contribution < -0.4 is 5.32 Å². The first-order valence-corrected chi connectivity index (χ1v) is 8.87. The maximum absolute atomic E-state index is 12.3. The maximum atomic E-state index is 12.3. The highest BCUT2D eigenvalue weighted by atomic mass is 35.5. The first-order valence-electron chi connectivity index (χ1n) is 8.49. The maximum Gasteiger partial charge on any atom is 0.326 e. The van der Waals surface area contributed by atoms with Crippen LogP contribution in [-0.2, 0) is 14.3 Å². The Kier molecular flexibility index (Phi) is 5.46. The molecule has 0 spiro atoms. The third kappa shape index (κ3) is 3.89. The highest BCUT2D eigenvalue weighted by Crippen LogP contribution is 2.22. The van der Waals surface area contributed by atoms with Crippen molar-refractivity contribution in [3.05, 3.63) is 64.2 Å². The summed E-state index contributed by atoms with van der Waals surface area (Å²) in [5, 5.41) is 3.09. The molecule has 8 heteroatoms. The first-order chi connectivity index (χ1) is 13.3. The fraction of sp³-hybridized carbons (Fsp3) is 0.200. The molecule has 28 heavy (non-hydrogen) atoms. The molecule has 1 aliphatic rings. The predicted molar refractivity (Wildman–Crippen MR) is 102 cm³/mol. The third-order valence-electron chi connectivity index (χ3n) is 4.28. The Balaban J connectivity index is 1.59. The second-order valence-corrected chi connectivity index (χ2v) is 6.73. The quantitative estimate of drug-likeness (QED) is 0.615. The molecular weight excluding hydrogens is 384 g/mol. The summed E-state index contributed by atoms with van der Waals surface area (Å²) in [6.45, 7) is 2.66. The summed E-state index contributed by atoms with van der Waals surface area (Å²) in [7, 11) is 0. The molecule has 7 nitrogen and oxygen atoms in total. The van der Waals surface area contributed by atoms with Crippen molar-refractivity contribution >= 4 is 41.0 Å². The number of hydrogen-bond donors (Lipinski definition) is 1. The summed E-state index contributed by atoms with van der Waals surface area (Å²) in [4.78, 5) is 49.7.